The van der Waals surface area contributed by atoms with Crippen LogP contribution in [0.1, 0.15) is 24.0 Å². The monoisotopic (exact) mass is 306 g/mol. The smallest absolute Gasteiger partial charge is 0.260 e. The number of rotatable bonds is 4. The van der Waals surface area contributed by atoms with Crippen molar-refractivity contribution in [3.63, 3.8) is 0 Å². The van der Waals surface area contributed by atoms with E-state index < -0.39 is 11.5 Å². The van der Waals surface area contributed by atoms with Crippen LogP contribution in [0.5, 0.6) is 5.75 Å². The molecular weight excluding hydrogens is 284 g/mol. The van der Waals surface area contributed by atoms with Gasteiger partial charge in [0.05, 0.1) is 6.54 Å². The van der Waals surface area contributed by atoms with Crippen molar-refractivity contribution in [3.8, 4) is 5.75 Å². The minimum Gasteiger partial charge on any atom is -0.484 e. The predicted molar refractivity (Wildman–Crippen MR) is 81.4 cm³/mol. The normalized spacial score (nSPS) is 21.5. The molecule has 22 heavy (non-hydrogen) atoms. The van der Waals surface area contributed by atoms with E-state index in [1.54, 1.807) is 0 Å². The van der Waals surface area contributed by atoms with Gasteiger partial charge in [0, 0.05) is 6.54 Å². The second kappa shape index (κ2) is 6.36. The number of hydrogen-bond donors (Lipinski definition) is 2. The van der Waals surface area contributed by atoms with Gasteiger partial charge < -0.3 is 20.5 Å². The number of benzene rings is 1. The molecule has 0 saturated carbocycles. The molecule has 1 saturated heterocycles. The zero-order valence-electron chi connectivity index (χ0n) is 13.0. The van der Waals surface area contributed by atoms with Crippen molar-refractivity contribution >= 4 is 11.8 Å². The Balaban J connectivity index is 1.94. The minimum atomic E-state index is -1.63. The van der Waals surface area contributed by atoms with E-state index in [-0.39, 0.29) is 25.5 Å². The van der Waals surface area contributed by atoms with Gasteiger partial charge in [0.25, 0.3) is 11.8 Å². The molecule has 120 valence electrons. The number of amides is 2. The first kappa shape index (κ1) is 16.3. The van der Waals surface area contributed by atoms with Crippen LogP contribution in [0.4, 0.5) is 0 Å². The summed E-state index contributed by atoms with van der Waals surface area (Å²) in [5.41, 5.74) is 5.81. The maximum atomic E-state index is 12.2. The van der Waals surface area contributed by atoms with E-state index in [2.05, 4.69) is 0 Å². The van der Waals surface area contributed by atoms with E-state index in [9.17, 15) is 14.7 Å². The van der Waals surface area contributed by atoms with E-state index in [1.165, 1.54) is 4.90 Å². The Bertz CT molecular complexity index is 588. The van der Waals surface area contributed by atoms with Crippen LogP contribution in [0.15, 0.2) is 18.2 Å². The Morgan fingerprint density at radius 3 is 2.73 bits per heavy atom. The average molecular weight is 306 g/mol. The predicted octanol–water partition coefficient (Wildman–Crippen LogP) is 0.521. The first-order chi connectivity index (χ1) is 10.3. The molecule has 0 unspecified atom stereocenters. The van der Waals surface area contributed by atoms with Crippen molar-refractivity contribution in [1.29, 1.82) is 0 Å². The van der Waals surface area contributed by atoms with Gasteiger partial charge in [-0.15, -0.1) is 0 Å². The Labute approximate surface area is 129 Å². The first-order valence-corrected chi connectivity index (χ1v) is 7.32. The average Bonchev–Trinajstić information content (AvgIpc) is 2.48. The van der Waals surface area contributed by atoms with Gasteiger partial charge >= 0.3 is 0 Å². The van der Waals surface area contributed by atoms with Crippen molar-refractivity contribution in [2.24, 2.45) is 5.73 Å². The highest BCUT2D eigenvalue weighted by Gasteiger charge is 2.40. The Morgan fingerprint density at radius 1 is 1.36 bits per heavy atom. The molecule has 1 aliphatic heterocycles. The van der Waals surface area contributed by atoms with Gasteiger partial charge in [-0.25, -0.2) is 0 Å². The lowest BCUT2D eigenvalue weighted by Gasteiger charge is -2.36. The summed E-state index contributed by atoms with van der Waals surface area (Å²) >= 11 is 0. The largest absolute Gasteiger partial charge is 0.484 e. The highest BCUT2D eigenvalue weighted by atomic mass is 16.5. The third kappa shape index (κ3) is 3.57. The van der Waals surface area contributed by atoms with E-state index in [1.807, 2.05) is 32.0 Å². The molecular formula is C16H22N2O4. The summed E-state index contributed by atoms with van der Waals surface area (Å²) in [4.78, 5) is 24.9. The summed E-state index contributed by atoms with van der Waals surface area (Å²) in [7, 11) is 0. The molecule has 0 bridgehead atoms. The summed E-state index contributed by atoms with van der Waals surface area (Å²) in [5.74, 6) is -0.434. The number of carbonyl (C=O) groups is 2. The lowest BCUT2D eigenvalue weighted by molar-refractivity contribution is -0.150. The fourth-order valence-corrected chi connectivity index (χ4v) is 2.49. The third-order valence-corrected chi connectivity index (χ3v) is 4.12. The van der Waals surface area contributed by atoms with Crippen molar-refractivity contribution in [2.75, 3.05) is 19.7 Å². The minimum absolute atomic E-state index is 0.0720. The molecule has 6 nitrogen and oxygen atoms in total. The van der Waals surface area contributed by atoms with Crippen molar-refractivity contribution in [2.45, 2.75) is 32.3 Å². The summed E-state index contributed by atoms with van der Waals surface area (Å²) in [6.45, 7) is 4.27. The second-order valence-electron chi connectivity index (χ2n) is 5.85. The lowest BCUT2D eigenvalue weighted by atomic mass is 9.92. The summed E-state index contributed by atoms with van der Waals surface area (Å²) in [5, 5.41) is 10.1. The second-order valence-corrected chi connectivity index (χ2v) is 5.85. The quantitative estimate of drug-likeness (QED) is 0.848. The Kier molecular flexibility index (Phi) is 4.71. The first-order valence-electron chi connectivity index (χ1n) is 7.32. The molecule has 1 aromatic carbocycles. The number of ether oxygens (including phenoxy) is 1. The number of carbonyl (C=O) groups excluding carboxylic acids is 2. The van der Waals surface area contributed by atoms with E-state index in [4.69, 9.17) is 10.5 Å². The molecule has 2 rings (SSSR count). The maximum absolute atomic E-state index is 12.2. The standard InChI is InChI=1S/C16H22N2O4/c1-11-4-5-13(8-12(11)2)22-9-14(19)18-7-3-6-16(21,10-18)15(17)20/h4-5,8,21H,3,6-7,9-10H2,1-2H3,(H2,17,20)/t16-/m1/s1. The van der Waals surface area contributed by atoms with Crippen molar-refractivity contribution in [1.82, 2.24) is 4.90 Å². The molecule has 0 aliphatic carbocycles. The third-order valence-electron chi connectivity index (χ3n) is 4.12. The molecule has 0 aromatic heterocycles. The SMILES string of the molecule is Cc1ccc(OCC(=O)N2CCC[C@](O)(C(N)=O)C2)cc1C. The Morgan fingerprint density at radius 2 is 2.09 bits per heavy atom. The molecule has 2 amide bonds. The highest BCUT2D eigenvalue weighted by Crippen LogP contribution is 2.21. The summed E-state index contributed by atoms with van der Waals surface area (Å²) in [6, 6.07) is 5.62. The van der Waals surface area contributed by atoms with Crippen LogP contribution in [0.25, 0.3) is 0 Å². The van der Waals surface area contributed by atoms with Gasteiger partial charge in [-0.1, -0.05) is 6.07 Å². The summed E-state index contributed by atoms with van der Waals surface area (Å²) in [6.07, 6.45) is 0.818. The lowest BCUT2D eigenvalue weighted by Crippen LogP contribution is -2.57. The fourth-order valence-electron chi connectivity index (χ4n) is 2.49. The van der Waals surface area contributed by atoms with Crippen LogP contribution >= 0.6 is 0 Å². The maximum Gasteiger partial charge on any atom is 0.260 e. The van der Waals surface area contributed by atoms with Crippen LogP contribution in [0, 0.1) is 13.8 Å². The van der Waals surface area contributed by atoms with E-state index >= 15 is 0 Å². The number of hydrogen-bond acceptors (Lipinski definition) is 4. The number of nitrogens with two attached hydrogens (primary N) is 1. The molecule has 0 radical (unpaired) electrons. The number of nitrogens with zero attached hydrogens (tertiary/aromatic N) is 1. The van der Waals surface area contributed by atoms with Crippen molar-refractivity contribution in [3.05, 3.63) is 29.3 Å². The molecule has 1 heterocycles. The zero-order chi connectivity index (χ0) is 16.3. The molecule has 1 atom stereocenters. The number of aryl methyl sites for hydroxylation is 2. The number of aliphatic hydroxyl groups is 1. The topological polar surface area (TPSA) is 92.9 Å². The molecule has 3 N–H and O–H groups in total. The number of likely N-dealkylation sites (tertiary alicyclic amines) is 1. The van der Waals surface area contributed by atoms with Gasteiger partial charge in [0.1, 0.15) is 5.75 Å². The van der Waals surface area contributed by atoms with E-state index in [0.717, 1.165) is 11.1 Å². The summed E-state index contributed by atoms with van der Waals surface area (Å²) < 4.78 is 5.50. The fraction of sp³-hybridized carbons (Fsp3) is 0.500. The number of primary amides is 1. The van der Waals surface area contributed by atoms with Crippen LogP contribution in [0.3, 0.4) is 0 Å². The molecule has 6 heteroatoms. The number of β-amino-alcohol motifs (C(OH)–C–C–N with tert-alkyl or cyclic N) is 1. The van der Waals surface area contributed by atoms with Gasteiger partial charge in [-0.2, -0.15) is 0 Å². The highest BCUT2D eigenvalue weighted by molar-refractivity contribution is 5.85. The van der Waals surface area contributed by atoms with Crippen LogP contribution in [-0.4, -0.2) is 47.1 Å². The van der Waals surface area contributed by atoms with Crippen LogP contribution in [0.2, 0.25) is 0 Å². The van der Waals surface area contributed by atoms with Crippen LogP contribution in [-0.2, 0) is 9.59 Å². The van der Waals surface area contributed by atoms with Crippen LogP contribution < -0.4 is 10.5 Å². The van der Waals surface area contributed by atoms with E-state index in [0.29, 0.717) is 18.7 Å². The molecule has 1 aliphatic rings. The Hall–Kier alpha value is -2.08. The van der Waals surface area contributed by atoms with Crippen molar-refractivity contribution < 1.29 is 19.4 Å². The molecule has 1 aromatic rings. The van der Waals surface area contributed by atoms with Gasteiger partial charge in [-0.3, -0.25) is 9.59 Å². The molecule has 0 spiro atoms. The molecule has 1 fully saturated rings. The van der Waals surface area contributed by atoms with Gasteiger partial charge in [0.2, 0.25) is 0 Å². The zero-order valence-corrected chi connectivity index (χ0v) is 13.0. The van der Waals surface area contributed by atoms with Gasteiger partial charge in [-0.05, 0) is 49.9 Å². The van der Waals surface area contributed by atoms with Gasteiger partial charge in [0.15, 0.2) is 12.2 Å². The number of piperidine rings is 1.